The first kappa shape index (κ1) is 30.2. The van der Waals surface area contributed by atoms with Crippen molar-refractivity contribution >= 4 is 23.6 Å². The van der Waals surface area contributed by atoms with E-state index in [4.69, 9.17) is 10.2 Å². The number of rotatable bonds is 13. The molecule has 0 saturated carbocycles. The summed E-state index contributed by atoms with van der Waals surface area (Å²) >= 11 is 0. The van der Waals surface area contributed by atoms with E-state index in [1.54, 1.807) is 0 Å². The lowest BCUT2D eigenvalue weighted by atomic mass is 9.86. The van der Waals surface area contributed by atoms with E-state index in [0.29, 0.717) is 12.3 Å². The minimum absolute atomic E-state index is 0.219. The molecule has 0 aromatic carbocycles. The molecule has 0 radical (unpaired) electrons. The summed E-state index contributed by atoms with van der Waals surface area (Å²) in [5, 5.41) is 31.9. The summed E-state index contributed by atoms with van der Waals surface area (Å²) in [4.78, 5) is 46.7. The number of carboxylic acid groups (broad SMARTS) is 1. The molecule has 0 fully saturated rings. The van der Waals surface area contributed by atoms with E-state index in [1.165, 1.54) is 0 Å². The molecular weight excluding hydrogens is 392 g/mol. The Morgan fingerprint density at radius 2 is 1.50 bits per heavy atom. The number of aliphatic hydroxyl groups excluding tert-OH is 2. The molecule has 9 heteroatoms. The van der Waals surface area contributed by atoms with Crippen LogP contribution in [0.25, 0.3) is 0 Å². The van der Waals surface area contributed by atoms with Crippen LogP contribution in [0.2, 0.25) is 0 Å². The van der Waals surface area contributed by atoms with Crippen molar-refractivity contribution in [1.82, 2.24) is 10.6 Å². The third-order valence-corrected chi connectivity index (χ3v) is 4.10. The van der Waals surface area contributed by atoms with Crippen molar-refractivity contribution in [2.45, 2.75) is 73.3 Å². The molecule has 0 aliphatic heterocycles. The van der Waals surface area contributed by atoms with Gasteiger partial charge < -0.3 is 26.0 Å². The van der Waals surface area contributed by atoms with Crippen LogP contribution in [0, 0.1) is 17.3 Å². The highest BCUT2D eigenvalue weighted by atomic mass is 16.4. The van der Waals surface area contributed by atoms with E-state index in [2.05, 4.69) is 45.3 Å². The van der Waals surface area contributed by atoms with Gasteiger partial charge in [-0.25, -0.2) is 0 Å². The molecule has 0 aliphatic rings. The molecule has 0 heterocycles. The molecule has 176 valence electrons. The van der Waals surface area contributed by atoms with E-state index in [-0.39, 0.29) is 12.3 Å². The minimum atomic E-state index is -2.03. The molecule has 0 aliphatic carbocycles. The number of Topliss-reactive ketones (excluding diaryl/α,β-unsaturated/α-hetero) is 1. The van der Waals surface area contributed by atoms with Crippen molar-refractivity contribution in [1.29, 1.82) is 0 Å². The van der Waals surface area contributed by atoms with Crippen LogP contribution in [-0.4, -0.2) is 64.7 Å². The van der Waals surface area contributed by atoms with Crippen molar-refractivity contribution in [2.75, 3.05) is 19.8 Å². The van der Waals surface area contributed by atoms with Gasteiger partial charge in [0, 0.05) is 6.42 Å². The smallest absolute Gasteiger partial charge is 0.319 e. The Bertz CT molecular complexity index is 547. The third kappa shape index (κ3) is 13.3. The van der Waals surface area contributed by atoms with Crippen molar-refractivity contribution in [3.05, 3.63) is 0 Å². The fourth-order valence-corrected chi connectivity index (χ4v) is 2.06. The second-order valence-corrected chi connectivity index (χ2v) is 8.61. The van der Waals surface area contributed by atoms with Crippen LogP contribution >= 0.6 is 0 Å². The first-order valence-electron chi connectivity index (χ1n) is 10.4. The Balaban J connectivity index is 0. The highest BCUT2D eigenvalue weighted by Gasteiger charge is 2.40. The normalized spacial score (nSPS) is 13.7. The highest BCUT2D eigenvalue weighted by molar-refractivity contribution is 6.05. The molecule has 0 bridgehead atoms. The number of aliphatic carboxylic acids is 1. The molecule has 0 spiro atoms. The van der Waals surface area contributed by atoms with Gasteiger partial charge in [-0.15, -0.1) is 0 Å². The second-order valence-electron chi connectivity index (χ2n) is 8.61. The van der Waals surface area contributed by atoms with E-state index in [9.17, 15) is 24.3 Å². The van der Waals surface area contributed by atoms with Gasteiger partial charge in [0.25, 0.3) is 0 Å². The maximum absolute atomic E-state index is 12.0. The molecule has 30 heavy (non-hydrogen) atoms. The number of ketones is 1. The van der Waals surface area contributed by atoms with Gasteiger partial charge in [-0.05, 0) is 25.2 Å². The van der Waals surface area contributed by atoms with Gasteiger partial charge >= 0.3 is 5.97 Å². The summed E-state index contributed by atoms with van der Waals surface area (Å²) < 4.78 is 0. The number of aliphatic hydroxyl groups is 2. The van der Waals surface area contributed by atoms with Gasteiger partial charge in [0.1, 0.15) is 11.5 Å². The van der Waals surface area contributed by atoms with Crippen molar-refractivity contribution in [3.8, 4) is 0 Å². The van der Waals surface area contributed by atoms with Crippen LogP contribution in [0.4, 0.5) is 0 Å². The number of amides is 2. The number of nitrogens with one attached hydrogen (secondary N) is 2. The summed E-state index contributed by atoms with van der Waals surface area (Å²) in [7, 11) is 0. The average Bonchev–Trinajstić information content (AvgIpc) is 2.65. The number of unbranched alkanes of at least 4 members (excludes halogenated alkanes) is 1. The van der Waals surface area contributed by atoms with Crippen LogP contribution < -0.4 is 10.6 Å². The molecule has 5 N–H and O–H groups in total. The number of hydrogen-bond acceptors (Lipinski definition) is 6. The quantitative estimate of drug-likeness (QED) is 0.216. The fourth-order valence-electron chi connectivity index (χ4n) is 2.06. The van der Waals surface area contributed by atoms with Crippen LogP contribution in [0.3, 0.4) is 0 Å². The Hall–Kier alpha value is -2.00. The molecule has 0 aromatic heterocycles. The molecule has 2 unspecified atom stereocenters. The Labute approximate surface area is 179 Å². The number of carboxylic acids is 1. The summed E-state index contributed by atoms with van der Waals surface area (Å²) in [5.41, 5.74) is -2.03. The Morgan fingerprint density at radius 3 is 1.90 bits per heavy atom. The predicted octanol–water partition coefficient (Wildman–Crippen LogP) is 1.11. The molecule has 2 atom stereocenters. The first-order chi connectivity index (χ1) is 13.8. The van der Waals surface area contributed by atoms with Gasteiger partial charge in [-0.3, -0.25) is 19.2 Å². The van der Waals surface area contributed by atoms with E-state index in [1.807, 2.05) is 0 Å². The zero-order chi connectivity index (χ0) is 23.9. The summed E-state index contributed by atoms with van der Waals surface area (Å²) in [6.07, 6.45) is 2.75. The third-order valence-electron chi connectivity index (χ3n) is 4.10. The lowest BCUT2D eigenvalue weighted by molar-refractivity contribution is -0.156. The van der Waals surface area contributed by atoms with Gasteiger partial charge in [-0.2, -0.15) is 0 Å². The van der Waals surface area contributed by atoms with Crippen LogP contribution in [-0.2, 0) is 19.2 Å². The van der Waals surface area contributed by atoms with Crippen molar-refractivity contribution < 1.29 is 34.5 Å². The standard InChI is InChI=1S/C17H30N2O7.C4H10/c1-11(2)6-4-5-7-14(23)19-12(9-20)15(24)18-8-13(22)17(3,10-21)16(25)26;1-4(2)3/h11-12,20-21H,4-10H2,1-3H3,(H,18,24)(H,19,23)(H,25,26);4H,1-3H3. The van der Waals surface area contributed by atoms with E-state index in [0.717, 1.165) is 25.7 Å². The largest absolute Gasteiger partial charge is 0.480 e. The molecule has 0 rings (SSSR count). The zero-order valence-electron chi connectivity index (χ0n) is 19.2. The molecule has 0 saturated heterocycles. The zero-order valence-corrected chi connectivity index (χ0v) is 19.2. The fraction of sp³-hybridized carbons (Fsp3) is 0.810. The maximum atomic E-state index is 12.0. The average molecular weight is 433 g/mol. The minimum Gasteiger partial charge on any atom is -0.480 e. The van der Waals surface area contributed by atoms with E-state index < -0.39 is 48.9 Å². The van der Waals surface area contributed by atoms with E-state index >= 15 is 0 Å². The van der Waals surface area contributed by atoms with Crippen LogP contribution in [0.5, 0.6) is 0 Å². The van der Waals surface area contributed by atoms with Gasteiger partial charge in [-0.1, -0.05) is 47.5 Å². The number of carbonyl (C=O) groups excluding carboxylic acids is 3. The second kappa shape index (κ2) is 15.8. The number of carbonyl (C=O) groups is 4. The maximum Gasteiger partial charge on any atom is 0.319 e. The van der Waals surface area contributed by atoms with Crippen molar-refractivity contribution in [3.63, 3.8) is 0 Å². The summed E-state index contributed by atoms with van der Waals surface area (Å²) in [6, 6.07) is -1.23. The first-order valence-corrected chi connectivity index (χ1v) is 10.4. The summed E-state index contributed by atoms with van der Waals surface area (Å²) in [5.74, 6) is -2.21. The highest BCUT2D eigenvalue weighted by Crippen LogP contribution is 2.16. The molecule has 2 amide bonds. The topological polar surface area (TPSA) is 153 Å². The summed E-state index contributed by atoms with van der Waals surface area (Å²) in [6.45, 7) is 9.51. The number of hydrogen-bond donors (Lipinski definition) is 5. The SMILES string of the molecule is CC(C)C.CC(C)CCCCC(=O)NC(CO)C(=O)NCC(=O)C(C)(CO)C(=O)O. The Kier molecular flexibility index (Phi) is 15.9. The van der Waals surface area contributed by atoms with Gasteiger partial charge in [0.15, 0.2) is 5.78 Å². The predicted molar refractivity (Wildman–Crippen MR) is 114 cm³/mol. The van der Waals surface area contributed by atoms with Crippen LogP contribution in [0.15, 0.2) is 0 Å². The molecule has 9 nitrogen and oxygen atoms in total. The monoisotopic (exact) mass is 432 g/mol. The van der Waals surface area contributed by atoms with Gasteiger partial charge in [0.2, 0.25) is 11.8 Å². The lowest BCUT2D eigenvalue weighted by Crippen LogP contribution is -2.52. The Morgan fingerprint density at radius 1 is 0.967 bits per heavy atom. The van der Waals surface area contributed by atoms with Gasteiger partial charge in [0.05, 0.1) is 19.8 Å². The van der Waals surface area contributed by atoms with Crippen molar-refractivity contribution in [2.24, 2.45) is 17.3 Å². The molecule has 0 aromatic rings. The lowest BCUT2D eigenvalue weighted by Gasteiger charge is -2.21. The molecular formula is C21H40N2O7. The van der Waals surface area contributed by atoms with Crippen LogP contribution in [0.1, 0.15) is 67.2 Å².